The molecule has 1 amide bonds. The summed E-state index contributed by atoms with van der Waals surface area (Å²) in [5.41, 5.74) is 1.53. The number of hydrogen-bond acceptors (Lipinski definition) is 5. The highest BCUT2D eigenvalue weighted by Gasteiger charge is 2.57. The average molecular weight is 381 g/mol. The van der Waals surface area contributed by atoms with Crippen molar-refractivity contribution in [3.05, 3.63) is 71.8 Å². The molecule has 5 nitrogen and oxygen atoms in total. The van der Waals surface area contributed by atoms with Crippen molar-refractivity contribution in [2.45, 2.75) is 23.8 Å². The molecule has 2 fully saturated rings. The van der Waals surface area contributed by atoms with E-state index >= 15 is 0 Å². The molecule has 2 heterocycles. The minimum Gasteiger partial charge on any atom is -0.456 e. The van der Waals surface area contributed by atoms with Crippen molar-refractivity contribution in [3.63, 3.8) is 0 Å². The predicted molar refractivity (Wildman–Crippen MR) is 102 cm³/mol. The Balaban J connectivity index is 1.49. The maximum atomic E-state index is 12.7. The van der Waals surface area contributed by atoms with Crippen LogP contribution in [0.2, 0.25) is 0 Å². The molecule has 0 N–H and O–H groups in total. The number of thioether (sulfide) groups is 1. The molecule has 0 radical (unpaired) electrons. The van der Waals surface area contributed by atoms with Crippen LogP contribution in [0, 0.1) is 0 Å². The van der Waals surface area contributed by atoms with E-state index in [2.05, 4.69) is 0 Å². The Morgan fingerprint density at radius 2 is 1.74 bits per heavy atom. The lowest BCUT2D eigenvalue weighted by atomic mass is 10.0. The van der Waals surface area contributed by atoms with E-state index in [1.807, 2.05) is 36.4 Å². The highest BCUT2D eigenvalue weighted by Crippen LogP contribution is 2.54. The summed E-state index contributed by atoms with van der Waals surface area (Å²) in [6.07, 6.45) is 1.09. The van der Waals surface area contributed by atoms with Gasteiger partial charge in [0.05, 0.1) is 0 Å². The topological polar surface area (TPSA) is 63.7 Å². The van der Waals surface area contributed by atoms with Crippen LogP contribution in [-0.2, 0) is 19.2 Å². The van der Waals surface area contributed by atoms with Gasteiger partial charge in [-0.15, -0.1) is 11.8 Å². The summed E-state index contributed by atoms with van der Waals surface area (Å²) in [6.45, 7) is -0.315. The third-order valence-corrected chi connectivity index (χ3v) is 6.66. The molecule has 0 aromatic heterocycles. The fraction of sp³-hybridized carbons (Fsp3) is 0.286. The van der Waals surface area contributed by atoms with E-state index in [4.69, 9.17) is 4.74 Å². The molecule has 2 atom stereocenters. The average Bonchev–Trinajstić information content (AvgIpc) is 3.26. The molecule has 2 saturated heterocycles. The van der Waals surface area contributed by atoms with Crippen LogP contribution in [0.5, 0.6) is 0 Å². The third kappa shape index (κ3) is 3.14. The van der Waals surface area contributed by atoms with Crippen LogP contribution in [-0.4, -0.2) is 41.0 Å². The van der Waals surface area contributed by atoms with E-state index in [0.717, 1.165) is 5.56 Å². The lowest BCUT2D eigenvalue weighted by molar-refractivity contribution is -0.152. The second-order valence-electron chi connectivity index (χ2n) is 6.64. The van der Waals surface area contributed by atoms with Crippen molar-refractivity contribution in [2.75, 3.05) is 12.4 Å². The molecule has 2 aromatic carbocycles. The summed E-state index contributed by atoms with van der Waals surface area (Å²) in [4.78, 5) is 38.5. The molecule has 6 heteroatoms. The van der Waals surface area contributed by atoms with E-state index in [9.17, 15) is 14.4 Å². The standard InChI is InChI=1S/C21H19NO4S/c23-18(15-7-3-1-4-8-15)13-26-20(25)17-14-27-21(12-11-19(24)22(17)21)16-9-5-2-6-10-16/h1-10,17H,11-14H2/t17-,21-/m0/s1. The van der Waals surface area contributed by atoms with Gasteiger partial charge in [0, 0.05) is 17.7 Å². The highest BCUT2D eigenvalue weighted by molar-refractivity contribution is 8.00. The maximum absolute atomic E-state index is 12.7. The van der Waals surface area contributed by atoms with E-state index in [0.29, 0.717) is 24.2 Å². The van der Waals surface area contributed by atoms with E-state index in [1.54, 1.807) is 40.9 Å². The molecule has 4 rings (SSSR count). The van der Waals surface area contributed by atoms with Crippen molar-refractivity contribution >= 4 is 29.4 Å². The number of fused-ring (bicyclic) bond motifs is 1. The van der Waals surface area contributed by atoms with E-state index < -0.39 is 16.9 Å². The Morgan fingerprint density at radius 3 is 2.44 bits per heavy atom. The maximum Gasteiger partial charge on any atom is 0.330 e. The first-order valence-corrected chi connectivity index (χ1v) is 9.87. The van der Waals surface area contributed by atoms with Gasteiger partial charge in [0.15, 0.2) is 12.4 Å². The quantitative estimate of drug-likeness (QED) is 0.588. The van der Waals surface area contributed by atoms with Crippen molar-refractivity contribution in [1.82, 2.24) is 4.90 Å². The second-order valence-corrected chi connectivity index (χ2v) is 7.94. The van der Waals surface area contributed by atoms with Gasteiger partial charge in [-0.05, 0) is 12.0 Å². The Bertz CT molecular complexity index is 870. The number of esters is 1. The first kappa shape index (κ1) is 17.8. The lowest BCUT2D eigenvalue weighted by Gasteiger charge is -2.33. The Kier molecular flexibility index (Phi) is 4.74. The molecule has 0 aliphatic carbocycles. The zero-order chi connectivity index (χ0) is 18.9. The van der Waals surface area contributed by atoms with Crippen LogP contribution in [0.15, 0.2) is 60.7 Å². The predicted octanol–water partition coefficient (Wildman–Crippen LogP) is 3.00. The molecule has 2 aliphatic heterocycles. The van der Waals surface area contributed by atoms with Gasteiger partial charge in [-0.3, -0.25) is 9.59 Å². The summed E-state index contributed by atoms with van der Waals surface area (Å²) in [7, 11) is 0. The molecule has 27 heavy (non-hydrogen) atoms. The first-order valence-electron chi connectivity index (χ1n) is 8.88. The van der Waals surface area contributed by atoms with Crippen molar-refractivity contribution in [3.8, 4) is 0 Å². The largest absolute Gasteiger partial charge is 0.456 e. The third-order valence-electron chi connectivity index (χ3n) is 5.07. The number of ether oxygens (including phenoxy) is 1. The Labute approximate surface area is 161 Å². The molecule has 0 bridgehead atoms. The van der Waals surface area contributed by atoms with Gasteiger partial charge < -0.3 is 9.64 Å². The Morgan fingerprint density at radius 1 is 1.07 bits per heavy atom. The summed E-state index contributed by atoms with van der Waals surface area (Å²) < 4.78 is 5.28. The fourth-order valence-electron chi connectivity index (χ4n) is 3.76. The van der Waals surface area contributed by atoms with Gasteiger partial charge in [-0.25, -0.2) is 4.79 Å². The van der Waals surface area contributed by atoms with Crippen LogP contribution in [0.3, 0.4) is 0 Å². The SMILES string of the molecule is O=C(COC(=O)[C@@H]1CS[C@]2(c3ccccc3)CCC(=O)N12)c1ccccc1. The van der Waals surface area contributed by atoms with Gasteiger partial charge in [-0.2, -0.15) is 0 Å². The summed E-state index contributed by atoms with van der Waals surface area (Å²) in [5.74, 6) is -0.337. The number of amides is 1. The number of carbonyl (C=O) groups is 3. The summed E-state index contributed by atoms with van der Waals surface area (Å²) in [5, 5.41) is 0. The number of ketones is 1. The van der Waals surface area contributed by atoms with Crippen LogP contribution >= 0.6 is 11.8 Å². The van der Waals surface area contributed by atoms with Crippen LogP contribution in [0.1, 0.15) is 28.8 Å². The monoisotopic (exact) mass is 381 g/mol. The number of Topliss-reactive ketones (excluding diaryl/α,β-unsaturated/α-hetero) is 1. The fourth-order valence-corrected chi connectivity index (χ4v) is 5.39. The summed E-state index contributed by atoms with van der Waals surface area (Å²) >= 11 is 1.60. The van der Waals surface area contributed by atoms with Crippen molar-refractivity contribution in [1.29, 1.82) is 0 Å². The van der Waals surface area contributed by atoms with E-state index in [-0.39, 0.29) is 18.3 Å². The minimum atomic E-state index is -0.659. The van der Waals surface area contributed by atoms with Crippen LogP contribution < -0.4 is 0 Å². The molecule has 0 spiro atoms. The lowest BCUT2D eigenvalue weighted by Crippen LogP contribution is -2.47. The molecular weight excluding hydrogens is 362 g/mol. The van der Waals surface area contributed by atoms with Crippen molar-refractivity contribution in [2.24, 2.45) is 0 Å². The number of hydrogen-bond donors (Lipinski definition) is 0. The van der Waals surface area contributed by atoms with Gasteiger partial charge in [0.25, 0.3) is 0 Å². The minimum absolute atomic E-state index is 0.0415. The molecule has 138 valence electrons. The van der Waals surface area contributed by atoms with E-state index in [1.165, 1.54) is 0 Å². The van der Waals surface area contributed by atoms with Crippen LogP contribution in [0.4, 0.5) is 0 Å². The second kappa shape index (κ2) is 7.19. The van der Waals surface area contributed by atoms with Crippen molar-refractivity contribution < 1.29 is 19.1 Å². The van der Waals surface area contributed by atoms with Gasteiger partial charge >= 0.3 is 5.97 Å². The molecule has 0 saturated carbocycles. The number of nitrogens with zero attached hydrogens (tertiary/aromatic N) is 1. The molecular formula is C21H19NO4S. The molecule has 2 aliphatic rings. The first-order chi connectivity index (χ1) is 13.1. The molecule has 2 aromatic rings. The number of carbonyl (C=O) groups excluding carboxylic acids is 3. The smallest absolute Gasteiger partial charge is 0.330 e. The zero-order valence-corrected chi connectivity index (χ0v) is 15.5. The summed E-state index contributed by atoms with van der Waals surface area (Å²) in [6, 6.07) is 17.9. The normalized spacial score (nSPS) is 23.9. The highest BCUT2D eigenvalue weighted by atomic mass is 32.2. The van der Waals surface area contributed by atoms with Gasteiger partial charge in [0.2, 0.25) is 5.91 Å². The van der Waals surface area contributed by atoms with Gasteiger partial charge in [0.1, 0.15) is 10.9 Å². The number of rotatable bonds is 5. The van der Waals surface area contributed by atoms with Gasteiger partial charge in [-0.1, -0.05) is 60.7 Å². The molecule has 0 unspecified atom stereocenters. The van der Waals surface area contributed by atoms with Crippen LogP contribution in [0.25, 0.3) is 0 Å². The zero-order valence-electron chi connectivity index (χ0n) is 14.7. The Hall–Kier alpha value is -2.60. The number of benzene rings is 2.